The zero-order valence-electron chi connectivity index (χ0n) is 12.1. The molecule has 1 atom stereocenters. The SMILES string of the molecule is COC(=O)C1=C(C)NC(=O)N[C@H]1c1cc(Cl)cc(Cl)c1OC. The lowest BCUT2D eigenvalue weighted by Gasteiger charge is -2.29. The minimum absolute atomic E-state index is 0.249. The van der Waals surface area contributed by atoms with Crippen LogP contribution in [0.2, 0.25) is 10.0 Å². The number of benzene rings is 1. The van der Waals surface area contributed by atoms with Gasteiger partial charge in [0.25, 0.3) is 0 Å². The summed E-state index contributed by atoms with van der Waals surface area (Å²) in [7, 11) is 2.70. The van der Waals surface area contributed by atoms with Crippen LogP contribution in [0, 0.1) is 0 Å². The zero-order chi connectivity index (χ0) is 16.4. The fourth-order valence-electron chi connectivity index (χ4n) is 2.32. The van der Waals surface area contributed by atoms with Crippen molar-refractivity contribution >= 4 is 35.2 Å². The monoisotopic (exact) mass is 344 g/mol. The highest BCUT2D eigenvalue weighted by Gasteiger charge is 2.34. The predicted molar refractivity (Wildman–Crippen MR) is 82.1 cm³/mol. The van der Waals surface area contributed by atoms with Gasteiger partial charge in [-0.2, -0.15) is 0 Å². The third kappa shape index (κ3) is 2.98. The molecule has 0 saturated carbocycles. The molecule has 0 fully saturated rings. The van der Waals surface area contributed by atoms with Gasteiger partial charge in [-0.15, -0.1) is 0 Å². The summed E-state index contributed by atoms with van der Waals surface area (Å²) in [6.45, 7) is 1.61. The molecular formula is C14H14Cl2N2O4. The molecular weight excluding hydrogens is 331 g/mol. The van der Waals surface area contributed by atoms with E-state index in [2.05, 4.69) is 10.6 Å². The lowest BCUT2D eigenvalue weighted by Crippen LogP contribution is -2.45. The van der Waals surface area contributed by atoms with Crippen LogP contribution in [0.15, 0.2) is 23.4 Å². The van der Waals surface area contributed by atoms with Crippen LogP contribution < -0.4 is 15.4 Å². The summed E-state index contributed by atoms with van der Waals surface area (Å²) < 4.78 is 10.1. The molecule has 1 heterocycles. The van der Waals surface area contributed by atoms with Crippen LogP contribution in [0.25, 0.3) is 0 Å². The number of halogens is 2. The Morgan fingerprint density at radius 1 is 1.27 bits per heavy atom. The number of carbonyl (C=O) groups excluding carboxylic acids is 2. The Labute approximate surface area is 137 Å². The standard InChI is InChI=1S/C14H14Cl2N2O4/c1-6-10(13(19)22-3)11(18-14(20)17-6)8-4-7(15)5-9(16)12(8)21-2/h4-5,11H,1-3H3,(H2,17,18,20)/t11-/m0/s1. The van der Waals surface area contributed by atoms with E-state index in [1.807, 2.05) is 0 Å². The molecule has 8 heteroatoms. The van der Waals surface area contributed by atoms with Crippen LogP contribution >= 0.6 is 23.2 Å². The molecule has 0 radical (unpaired) electrons. The van der Waals surface area contributed by atoms with Crippen molar-refractivity contribution in [3.63, 3.8) is 0 Å². The van der Waals surface area contributed by atoms with Gasteiger partial charge >= 0.3 is 12.0 Å². The summed E-state index contributed by atoms with van der Waals surface area (Å²) >= 11 is 12.1. The van der Waals surface area contributed by atoms with E-state index in [1.54, 1.807) is 13.0 Å². The maximum atomic E-state index is 12.1. The van der Waals surface area contributed by atoms with E-state index in [-0.39, 0.29) is 10.6 Å². The summed E-state index contributed by atoms with van der Waals surface area (Å²) in [6, 6.07) is 1.86. The number of methoxy groups -OCH3 is 2. The number of nitrogens with one attached hydrogen (secondary N) is 2. The van der Waals surface area contributed by atoms with Gasteiger partial charge in [-0.3, -0.25) is 0 Å². The summed E-state index contributed by atoms with van der Waals surface area (Å²) in [4.78, 5) is 23.8. The van der Waals surface area contributed by atoms with Crippen molar-refractivity contribution in [2.24, 2.45) is 0 Å². The van der Waals surface area contributed by atoms with Gasteiger partial charge in [-0.05, 0) is 19.1 Å². The third-order valence-electron chi connectivity index (χ3n) is 3.23. The van der Waals surface area contributed by atoms with E-state index in [4.69, 9.17) is 32.7 Å². The van der Waals surface area contributed by atoms with Crippen LogP contribution in [0.3, 0.4) is 0 Å². The molecule has 1 aromatic carbocycles. The molecule has 0 bridgehead atoms. The molecule has 118 valence electrons. The van der Waals surface area contributed by atoms with Crippen molar-refractivity contribution in [3.8, 4) is 5.75 Å². The Bertz CT molecular complexity index is 673. The van der Waals surface area contributed by atoms with Crippen LogP contribution in [0.5, 0.6) is 5.75 Å². The second kappa shape index (κ2) is 6.46. The van der Waals surface area contributed by atoms with Crippen molar-refractivity contribution in [1.29, 1.82) is 0 Å². The Balaban J connectivity index is 2.65. The molecule has 0 spiro atoms. The summed E-state index contributed by atoms with van der Waals surface area (Å²) in [5.74, 6) is -0.249. The Kier molecular flexibility index (Phi) is 4.83. The van der Waals surface area contributed by atoms with Gasteiger partial charge in [0, 0.05) is 16.3 Å². The molecule has 2 N–H and O–H groups in total. The van der Waals surface area contributed by atoms with Gasteiger partial charge in [-0.1, -0.05) is 23.2 Å². The van der Waals surface area contributed by atoms with Crippen LogP contribution in [-0.2, 0) is 9.53 Å². The maximum Gasteiger partial charge on any atom is 0.337 e. The normalized spacial score (nSPS) is 17.7. The quantitative estimate of drug-likeness (QED) is 0.826. The van der Waals surface area contributed by atoms with Crippen molar-refractivity contribution in [2.45, 2.75) is 13.0 Å². The van der Waals surface area contributed by atoms with Gasteiger partial charge in [0.15, 0.2) is 0 Å². The highest BCUT2D eigenvalue weighted by Crippen LogP contribution is 2.39. The van der Waals surface area contributed by atoms with E-state index < -0.39 is 18.0 Å². The molecule has 0 unspecified atom stereocenters. The average Bonchev–Trinajstić information content (AvgIpc) is 2.45. The molecule has 22 heavy (non-hydrogen) atoms. The number of amides is 2. The molecule has 0 saturated heterocycles. The van der Waals surface area contributed by atoms with E-state index in [9.17, 15) is 9.59 Å². The number of carbonyl (C=O) groups is 2. The van der Waals surface area contributed by atoms with E-state index in [0.717, 1.165) is 0 Å². The highest BCUT2D eigenvalue weighted by atomic mass is 35.5. The fraction of sp³-hybridized carbons (Fsp3) is 0.286. The predicted octanol–water partition coefficient (Wildman–Crippen LogP) is 2.80. The van der Waals surface area contributed by atoms with Crippen molar-refractivity contribution in [1.82, 2.24) is 10.6 Å². The van der Waals surface area contributed by atoms with Gasteiger partial charge in [-0.25, -0.2) is 9.59 Å². The largest absolute Gasteiger partial charge is 0.495 e. The number of ether oxygens (including phenoxy) is 2. The second-order valence-corrected chi connectivity index (χ2v) is 5.42. The lowest BCUT2D eigenvalue weighted by molar-refractivity contribution is -0.136. The maximum absolute atomic E-state index is 12.1. The summed E-state index contributed by atoms with van der Waals surface area (Å²) in [5, 5.41) is 5.82. The first kappa shape index (κ1) is 16.5. The Hall–Kier alpha value is -1.92. The summed E-state index contributed by atoms with van der Waals surface area (Å²) in [5.41, 5.74) is 1.10. The van der Waals surface area contributed by atoms with E-state index in [0.29, 0.717) is 22.0 Å². The third-order valence-corrected chi connectivity index (χ3v) is 3.73. The molecule has 0 aliphatic carbocycles. The first-order chi connectivity index (χ1) is 10.4. The van der Waals surface area contributed by atoms with Crippen LogP contribution in [0.4, 0.5) is 4.79 Å². The first-order valence-corrected chi connectivity index (χ1v) is 7.04. The Morgan fingerprint density at radius 3 is 2.55 bits per heavy atom. The number of hydrogen-bond acceptors (Lipinski definition) is 4. The molecule has 2 amide bonds. The average molecular weight is 345 g/mol. The summed E-state index contributed by atoms with van der Waals surface area (Å²) in [6.07, 6.45) is 0. The van der Waals surface area contributed by atoms with Gasteiger partial charge in [0.1, 0.15) is 5.75 Å². The van der Waals surface area contributed by atoms with Gasteiger partial charge < -0.3 is 20.1 Å². The molecule has 1 aliphatic rings. The number of rotatable bonds is 3. The van der Waals surface area contributed by atoms with Crippen molar-refractivity contribution < 1.29 is 19.1 Å². The van der Waals surface area contributed by atoms with Gasteiger partial charge in [0.05, 0.1) is 30.9 Å². The topological polar surface area (TPSA) is 76.7 Å². The second-order valence-electron chi connectivity index (χ2n) is 4.57. The molecule has 1 aromatic rings. The van der Waals surface area contributed by atoms with E-state index in [1.165, 1.54) is 20.3 Å². The zero-order valence-corrected chi connectivity index (χ0v) is 13.6. The Morgan fingerprint density at radius 2 is 1.95 bits per heavy atom. The van der Waals surface area contributed by atoms with Crippen LogP contribution in [-0.4, -0.2) is 26.2 Å². The first-order valence-electron chi connectivity index (χ1n) is 6.28. The number of esters is 1. The lowest BCUT2D eigenvalue weighted by atomic mass is 9.95. The number of urea groups is 1. The van der Waals surface area contributed by atoms with Crippen molar-refractivity contribution in [2.75, 3.05) is 14.2 Å². The molecule has 6 nitrogen and oxygen atoms in total. The van der Waals surface area contributed by atoms with E-state index >= 15 is 0 Å². The highest BCUT2D eigenvalue weighted by molar-refractivity contribution is 6.35. The molecule has 0 aromatic heterocycles. The molecule has 2 rings (SSSR count). The van der Waals surface area contributed by atoms with Crippen LogP contribution in [0.1, 0.15) is 18.5 Å². The number of hydrogen-bond donors (Lipinski definition) is 2. The van der Waals surface area contributed by atoms with Crippen molar-refractivity contribution in [3.05, 3.63) is 39.0 Å². The minimum Gasteiger partial charge on any atom is -0.495 e. The van der Waals surface area contributed by atoms with Gasteiger partial charge in [0.2, 0.25) is 0 Å². The molecule has 1 aliphatic heterocycles. The fourth-order valence-corrected chi connectivity index (χ4v) is 2.90. The number of allylic oxidation sites excluding steroid dienone is 1. The minimum atomic E-state index is -0.785. The smallest absolute Gasteiger partial charge is 0.337 e.